The summed E-state index contributed by atoms with van der Waals surface area (Å²) in [5.41, 5.74) is 9.51. The van der Waals surface area contributed by atoms with Gasteiger partial charge in [-0.25, -0.2) is 0 Å². The highest BCUT2D eigenvalue weighted by molar-refractivity contribution is 5.77. The number of fused-ring (bicyclic) bond motifs is 3. The Labute approximate surface area is 159 Å². The van der Waals surface area contributed by atoms with Gasteiger partial charge in [0.2, 0.25) is 0 Å². The fourth-order valence-corrected chi connectivity index (χ4v) is 4.02. The molecular weight excluding hydrogens is 328 g/mol. The first kappa shape index (κ1) is 16.0. The SMILES string of the molecule is OC(c1ccc(-c2ccccc2)cc1)c1ccc2c(c1)Cc1ccccc1-2. The van der Waals surface area contributed by atoms with Crippen LogP contribution in [0.15, 0.2) is 97.1 Å². The van der Waals surface area contributed by atoms with E-state index in [4.69, 9.17) is 0 Å². The molecule has 0 fully saturated rings. The minimum atomic E-state index is -0.608. The Bertz CT molecular complexity index is 1090. The Hall–Kier alpha value is -3.16. The molecule has 1 atom stereocenters. The summed E-state index contributed by atoms with van der Waals surface area (Å²) in [6.45, 7) is 0. The smallest absolute Gasteiger partial charge is 0.104 e. The number of hydrogen-bond donors (Lipinski definition) is 1. The summed E-state index contributed by atoms with van der Waals surface area (Å²) in [7, 11) is 0. The van der Waals surface area contributed by atoms with Gasteiger partial charge in [-0.1, -0.05) is 97.1 Å². The van der Waals surface area contributed by atoms with E-state index in [-0.39, 0.29) is 0 Å². The fourth-order valence-electron chi connectivity index (χ4n) is 4.02. The number of aliphatic hydroxyl groups excluding tert-OH is 1. The maximum Gasteiger partial charge on any atom is 0.104 e. The van der Waals surface area contributed by atoms with Gasteiger partial charge in [0.25, 0.3) is 0 Å². The zero-order chi connectivity index (χ0) is 18.2. The number of aliphatic hydroxyl groups is 1. The zero-order valence-electron chi connectivity index (χ0n) is 15.0. The van der Waals surface area contributed by atoms with E-state index in [1.54, 1.807) is 0 Å². The highest BCUT2D eigenvalue weighted by atomic mass is 16.3. The molecule has 0 heterocycles. The largest absolute Gasteiger partial charge is 0.384 e. The summed E-state index contributed by atoms with van der Waals surface area (Å²) in [5, 5.41) is 10.9. The summed E-state index contributed by atoms with van der Waals surface area (Å²) in [5.74, 6) is 0. The second-order valence-corrected chi connectivity index (χ2v) is 7.14. The van der Waals surface area contributed by atoms with Gasteiger partial charge in [0.1, 0.15) is 6.10 Å². The van der Waals surface area contributed by atoms with Crippen LogP contribution in [0.2, 0.25) is 0 Å². The highest BCUT2D eigenvalue weighted by Crippen LogP contribution is 2.38. The zero-order valence-corrected chi connectivity index (χ0v) is 15.0. The molecule has 0 saturated heterocycles. The molecule has 5 rings (SSSR count). The van der Waals surface area contributed by atoms with E-state index in [0.717, 1.165) is 23.1 Å². The van der Waals surface area contributed by atoms with E-state index in [1.807, 2.05) is 30.3 Å². The van der Waals surface area contributed by atoms with Crippen molar-refractivity contribution >= 4 is 0 Å². The first-order valence-electron chi connectivity index (χ1n) is 9.34. The van der Waals surface area contributed by atoms with Gasteiger partial charge in [0.05, 0.1) is 0 Å². The lowest BCUT2D eigenvalue weighted by atomic mass is 9.95. The van der Waals surface area contributed by atoms with Crippen LogP contribution >= 0.6 is 0 Å². The van der Waals surface area contributed by atoms with Crippen molar-refractivity contribution in [1.29, 1.82) is 0 Å². The molecule has 0 aliphatic heterocycles. The van der Waals surface area contributed by atoms with E-state index >= 15 is 0 Å². The van der Waals surface area contributed by atoms with Gasteiger partial charge in [-0.2, -0.15) is 0 Å². The van der Waals surface area contributed by atoms with Crippen LogP contribution in [0.3, 0.4) is 0 Å². The molecule has 1 aliphatic carbocycles. The second-order valence-electron chi connectivity index (χ2n) is 7.14. The van der Waals surface area contributed by atoms with Gasteiger partial charge in [0.15, 0.2) is 0 Å². The lowest BCUT2D eigenvalue weighted by Crippen LogP contribution is -2.00. The molecule has 4 aromatic carbocycles. The van der Waals surface area contributed by atoms with Crippen molar-refractivity contribution in [3.05, 3.63) is 119 Å². The van der Waals surface area contributed by atoms with Crippen LogP contribution < -0.4 is 0 Å². The maximum absolute atomic E-state index is 10.9. The molecule has 0 amide bonds. The summed E-state index contributed by atoms with van der Waals surface area (Å²) in [4.78, 5) is 0. The molecule has 27 heavy (non-hydrogen) atoms. The molecule has 1 N–H and O–H groups in total. The van der Waals surface area contributed by atoms with Crippen molar-refractivity contribution in [2.75, 3.05) is 0 Å². The third-order valence-electron chi connectivity index (χ3n) is 5.47. The quantitative estimate of drug-likeness (QED) is 0.423. The predicted molar refractivity (Wildman–Crippen MR) is 111 cm³/mol. The van der Waals surface area contributed by atoms with Crippen LogP contribution in [0.25, 0.3) is 22.3 Å². The third kappa shape index (κ3) is 2.87. The minimum absolute atomic E-state index is 0.608. The molecule has 0 bridgehead atoms. The lowest BCUT2D eigenvalue weighted by Gasteiger charge is -2.14. The van der Waals surface area contributed by atoms with Crippen molar-refractivity contribution in [3.63, 3.8) is 0 Å². The number of benzene rings is 4. The van der Waals surface area contributed by atoms with Gasteiger partial charge in [0, 0.05) is 0 Å². The molecule has 1 heteroatoms. The minimum Gasteiger partial charge on any atom is -0.384 e. The number of rotatable bonds is 3. The molecule has 130 valence electrons. The van der Waals surface area contributed by atoms with E-state index in [1.165, 1.54) is 27.8 Å². The summed E-state index contributed by atoms with van der Waals surface area (Å²) < 4.78 is 0. The van der Waals surface area contributed by atoms with Crippen LogP contribution in [-0.2, 0) is 6.42 Å². The van der Waals surface area contributed by atoms with Crippen molar-refractivity contribution in [2.45, 2.75) is 12.5 Å². The van der Waals surface area contributed by atoms with Crippen LogP contribution in [0.4, 0.5) is 0 Å². The monoisotopic (exact) mass is 348 g/mol. The molecule has 0 radical (unpaired) electrons. The summed E-state index contributed by atoms with van der Waals surface area (Å²) in [6.07, 6.45) is 0.336. The molecule has 4 aromatic rings. The average Bonchev–Trinajstić information content (AvgIpc) is 3.12. The topological polar surface area (TPSA) is 20.2 Å². The Kier molecular flexibility index (Phi) is 3.88. The molecule has 0 saturated carbocycles. The first-order valence-corrected chi connectivity index (χ1v) is 9.34. The molecule has 1 aliphatic rings. The van der Waals surface area contributed by atoms with Crippen LogP contribution in [0.1, 0.15) is 28.4 Å². The molecule has 1 unspecified atom stereocenters. The van der Waals surface area contributed by atoms with Gasteiger partial charge < -0.3 is 5.11 Å². The van der Waals surface area contributed by atoms with Crippen LogP contribution in [-0.4, -0.2) is 5.11 Å². The van der Waals surface area contributed by atoms with Gasteiger partial charge in [-0.15, -0.1) is 0 Å². The van der Waals surface area contributed by atoms with E-state index in [0.29, 0.717) is 0 Å². The van der Waals surface area contributed by atoms with Crippen molar-refractivity contribution in [2.24, 2.45) is 0 Å². The summed E-state index contributed by atoms with van der Waals surface area (Å²) >= 11 is 0. The maximum atomic E-state index is 10.9. The Balaban J connectivity index is 1.43. The van der Waals surface area contributed by atoms with E-state index in [2.05, 4.69) is 66.7 Å². The van der Waals surface area contributed by atoms with E-state index < -0.39 is 6.10 Å². The first-order chi connectivity index (χ1) is 13.3. The third-order valence-corrected chi connectivity index (χ3v) is 5.47. The number of hydrogen-bond acceptors (Lipinski definition) is 1. The molecular formula is C26H20O. The van der Waals surface area contributed by atoms with Crippen LogP contribution in [0.5, 0.6) is 0 Å². The predicted octanol–water partition coefficient (Wildman–Crippen LogP) is 6.01. The molecule has 0 aromatic heterocycles. The van der Waals surface area contributed by atoms with Crippen molar-refractivity contribution < 1.29 is 5.11 Å². The Morgan fingerprint density at radius 2 is 1.19 bits per heavy atom. The molecule has 1 nitrogen and oxygen atoms in total. The lowest BCUT2D eigenvalue weighted by molar-refractivity contribution is 0.220. The standard InChI is InChI=1S/C26H20O/c27-26(20-12-10-19(11-13-20)18-6-2-1-3-7-18)22-14-15-25-23(17-22)16-21-8-4-5-9-24(21)25/h1-15,17,26-27H,16H2. The van der Waals surface area contributed by atoms with Gasteiger partial charge in [-0.3, -0.25) is 0 Å². The highest BCUT2D eigenvalue weighted by Gasteiger charge is 2.20. The molecule has 0 spiro atoms. The van der Waals surface area contributed by atoms with Crippen molar-refractivity contribution in [1.82, 2.24) is 0 Å². The van der Waals surface area contributed by atoms with Crippen LogP contribution in [0, 0.1) is 0 Å². The Morgan fingerprint density at radius 3 is 2.00 bits per heavy atom. The van der Waals surface area contributed by atoms with E-state index in [9.17, 15) is 5.11 Å². The second kappa shape index (κ2) is 6.53. The van der Waals surface area contributed by atoms with Gasteiger partial charge in [-0.05, 0) is 50.9 Å². The Morgan fingerprint density at radius 1 is 0.556 bits per heavy atom. The van der Waals surface area contributed by atoms with Crippen molar-refractivity contribution in [3.8, 4) is 22.3 Å². The average molecular weight is 348 g/mol. The van der Waals surface area contributed by atoms with Gasteiger partial charge >= 0.3 is 0 Å². The normalized spacial score (nSPS) is 13.1. The fraction of sp³-hybridized carbons (Fsp3) is 0.0769. The summed E-state index contributed by atoms with van der Waals surface area (Å²) in [6, 6.07) is 33.4.